The van der Waals surface area contributed by atoms with E-state index >= 15 is 0 Å². The first-order chi connectivity index (χ1) is 11.2. The average Bonchev–Trinajstić information content (AvgIpc) is 2.94. The molecule has 7 heteroatoms. The molecule has 1 aromatic rings. The summed E-state index contributed by atoms with van der Waals surface area (Å²) in [5.74, 6) is -0.564. The fourth-order valence-corrected chi connectivity index (χ4v) is 3.52. The van der Waals surface area contributed by atoms with Gasteiger partial charge in [0.25, 0.3) is 5.91 Å². The number of ether oxygens (including phenoxy) is 1. The number of hydrogen-bond acceptors (Lipinski definition) is 3. The minimum atomic E-state index is -4.74. The van der Waals surface area contributed by atoms with Gasteiger partial charge >= 0.3 is 6.36 Å². The number of amides is 1. The van der Waals surface area contributed by atoms with Crippen LogP contribution in [0.3, 0.4) is 0 Å². The third kappa shape index (κ3) is 3.26. The molecule has 1 aliphatic heterocycles. The van der Waals surface area contributed by atoms with Crippen molar-refractivity contribution in [1.82, 2.24) is 0 Å². The number of benzene rings is 1. The van der Waals surface area contributed by atoms with Gasteiger partial charge in [0.2, 0.25) is 0 Å². The van der Waals surface area contributed by atoms with E-state index in [4.69, 9.17) is 0 Å². The fraction of sp³-hybridized carbons (Fsp3) is 0.471. The van der Waals surface area contributed by atoms with E-state index in [0.29, 0.717) is 30.6 Å². The summed E-state index contributed by atoms with van der Waals surface area (Å²) in [5, 5.41) is 10.4. The zero-order valence-electron chi connectivity index (χ0n) is 13.1. The van der Waals surface area contributed by atoms with E-state index in [1.165, 1.54) is 29.2 Å². The Morgan fingerprint density at radius 3 is 2.54 bits per heavy atom. The van der Waals surface area contributed by atoms with Gasteiger partial charge in [0.1, 0.15) is 5.75 Å². The molecule has 1 unspecified atom stereocenters. The van der Waals surface area contributed by atoms with Crippen LogP contribution in [0.4, 0.5) is 18.9 Å². The van der Waals surface area contributed by atoms with Crippen molar-refractivity contribution < 1.29 is 27.8 Å². The molecule has 0 aromatic heterocycles. The molecule has 0 spiro atoms. The Morgan fingerprint density at radius 1 is 1.33 bits per heavy atom. The summed E-state index contributed by atoms with van der Waals surface area (Å²) in [6.07, 6.45) is -1.13. The fourth-order valence-electron chi connectivity index (χ4n) is 3.52. The largest absolute Gasteiger partial charge is 0.573 e. The summed E-state index contributed by atoms with van der Waals surface area (Å²) in [6, 6.07) is 5.23. The van der Waals surface area contributed by atoms with Gasteiger partial charge in [-0.1, -0.05) is 13.3 Å². The molecule has 1 amide bonds. The molecule has 1 fully saturated rings. The van der Waals surface area contributed by atoms with Crippen LogP contribution in [0.2, 0.25) is 0 Å². The first kappa shape index (κ1) is 16.8. The van der Waals surface area contributed by atoms with Gasteiger partial charge in [-0.3, -0.25) is 4.79 Å². The van der Waals surface area contributed by atoms with E-state index in [1.807, 2.05) is 6.92 Å². The molecule has 1 N–H and O–H groups in total. The Bertz CT molecular complexity index is 669. The van der Waals surface area contributed by atoms with E-state index in [-0.39, 0.29) is 17.6 Å². The van der Waals surface area contributed by atoms with Gasteiger partial charge in [0, 0.05) is 23.7 Å². The van der Waals surface area contributed by atoms with Crippen LogP contribution in [0, 0.1) is 5.92 Å². The maximum absolute atomic E-state index is 12.5. The van der Waals surface area contributed by atoms with E-state index in [9.17, 15) is 23.1 Å². The SMILES string of the molecule is CCCC1(O)C=C2C(=O)N(c3ccc(OC(F)(F)F)cc3)C[C@@H]2C1. The molecule has 4 nitrogen and oxygen atoms in total. The first-order valence-corrected chi connectivity index (χ1v) is 7.83. The molecule has 130 valence electrons. The van der Waals surface area contributed by atoms with Crippen LogP contribution in [0.25, 0.3) is 0 Å². The molecule has 1 aliphatic carbocycles. The van der Waals surface area contributed by atoms with Crippen molar-refractivity contribution in [2.24, 2.45) is 5.92 Å². The van der Waals surface area contributed by atoms with Crippen LogP contribution >= 0.6 is 0 Å². The van der Waals surface area contributed by atoms with Crippen molar-refractivity contribution in [2.45, 2.75) is 38.1 Å². The number of carbonyl (C=O) groups excluding carboxylic acids is 1. The maximum atomic E-state index is 12.5. The van der Waals surface area contributed by atoms with E-state index in [1.54, 1.807) is 6.08 Å². The number of nitrogens with zero attached hydrogens (tertiary/aromatic N) is 1. The van der Waals surface area contributed by atoms with Gasteiger partial charge in [0.05, 0.1) is 5.60 Å². The normalized spacial score (nSPS) is 26.5. The highest BCUT2D eigenvalue weighted by Crippen LogP contribution is 2.43. The van der Waals surface area contributed by atoms with Crippen LogP contribution in [0.5, 0.6) is 5.75 Å². The molecule has 0 saturated carbocycles. The Balaban J connectivity index is 1.75. The van der Waals surface area contributed by atoms with Crippen molar-refractivity contribution in [3.05, 3.63) is 35.9 Å². The van der Waals surface area contributed by atoms with Gasteiger partial charge in [-0.05, 0) is 43.2 Å². The molecule has 2 aliphatic rings. The highest BCUT2D eigenvalue weighted by molar-refractivity contribution is 6.09. The van der Waals surface area contributed by atoms with Crippen LogP contribution in [-0.4, -0.2) is 29.5 Å². The number of anilines is 1. The van der Waals surface area contributed by atoms with E-state index in [2.05, 4.69) is 4.74 Å². The van der Waals surface area contributed by atoms with E-state index < -0.39 is 12.0 Å². The lowest BCUT2D eigenvalue weighted by atomic mass is 9.94. The van der Waals surface area contributed by atoms with E-state index in [0.717, 1.165) is 6.42 Å². The molecule has 1 aromatic carbocycles. The number of hydrogen-bond donors (Lipinski definition) is 1. The molecular weight excluding hydrogens is 323 g/mol. The van der Waals surface area contributed by atoms with Gasteiger partial charge in [0.15, 0.2) is 0 Å². The molecule has 0 radical (unpaired) electrons. The molecule has 0 bridgehead atoms. The number of halogens is 3. The topological polar surface area (TPSA) is 49.8 Å². The van der Waals surface area contributed by atoms with Crippen LogP contribution in [0.15, 0.2) is 35.9 Å². The number of rotatable bonds is 4. The summed E-state index contributed by atoms with van der Waals surface area (Å²) in [5.41, 5.74) is 0.200. The monoisotopic (exact) mass is 341 g/mol. The summed E-state index contributed by atoms with van der Waals surface area (Å²) in [7, 11) is 0. The maximum Gasteiger partial charge on any atom is 0.573 e. The van der Waals surface area contributed by atoms with Crippen molar-refractivity contribution in [3.63, 3.8) is 0 Å². The molecule has 1 heterocycles. The van der Waals surface area contributed by atoms with Gasteiger partial charge in [-0.25, -0.2) is 0 Å². The number of carbonyl (C=O) groups is 1. The number of aliphatic hydroxyl groups is 1. The summed E-state index contributed by atoms with van der Waals surface area (Å²) >= 11 is 0. The molecule has 1 saturated heterocycles. The first-order valence-electron chi connectivity index (χ1n) is 7.83. The van der Waals surface area contributed by atoms with Crippen molar-refractivity contribution in [2.75, 3.05) is 11.4 Å². The Hall–Kier alpha value is -2.02. The smallest absolute Gasteiger partial charge is 0.406 e. The zero-order chi connectivity index (χ0) is 17.5. The lowest BCUT2D eigenvalue weighted by Gasteiger charge is -2.23. The molecular formula is C17H18F3NO3. The van der Waals surface area contributed by atoms with Crippen molar-refractivity contribution in [3.8, 4) is 5.75 Å². The quantitative estimate of drug-likeness (QED) is 0.913. The van der Waals surface area contributed by atoms with Gasteiger partial charge < -0.3 is 14.7 Å². The van der Waals surface area contributed by atoms with Crippen molar-refractivity contribution in [1.29, 1.82) is 0 Å². The van der Waals surface area contributed by atoms with Crippen LogP contribution in [-0.2, 0) is 4.79 Å². The molecule has 3 rings (SSSR count). The Kier molecular flexibility index (Phi) is 4.07. The standard InChI is InChI=1S/C17H18F3NO3/c1-2-7-16(23)8-11-10-21(15(22)14(11)9-16)12-3-5-13(6-4-12)24-17(18,19)20/h3-6,9,11,23H,2,7-8,10H2,1H3/t11-,16?/m0/s1. The average molecular weight is 341 g/mol. The Morgan fingerprint density at radius 2 is 2.00 bits per heavy atom. The third-order valence-electron chi connectivity index (χ3n) is 4.42. The predicted octanol–water partition coefficient (Wildman–Crippen LogP) is 3.41. The van der Waals surface area contributed by atoms with Crippen LogP contribution < -0.4 is 9.64 Å². The second-order valence-electron chi connectivity index (χ2n) is 6.31. The predicted molar refractivity (Wildman–Crippen MR) is 81.5 cm³/mol. The lowest BCUT2D eigenvalue weighted by Crippen LogP contribution is -2.30. The minimum absolute atomic E-state index is 0.0415. The highest BCUT2D eigenvalue weighted by Gasteiger charge is 2.46. The van der Waals surface area contributed by atoms with Crippen molar-refractivity contribution >= 4 is 11.6 Å². The second-order valence-corrected chi connectivity index (χ2v) is 6.31. The van der Waals surface area contributed by atoms with Gasteiger partial charge in [-0.2, -0.15) is 0 Å². The highest BCUT2D eigenvalue weighted by atomic mass is 19.4. The summed E-state index contributed by atoms with van der Waals surface area (Å²) in [4.78, 5) is 14.1. The summed E-state index contributed by atoms with van der Waals surface area (Å²) < 4.78 is 40.4. The van der Waals surface area contributed by atoms with Gasteiger partial charge in [-0.15, -0.1) is 13.2 Å². The third-order valence-corrected chi connectivity index (χ3v) is 4.42. The molecule has 24 heavy (non-hydrogen) atoms. The van der Waals surface area contributed by atoms with Crippen LogP contribution in [0.1, 0.15) is 26.2 Å². The Labute approximate surface area is 137 Å². The zero-order valence-corrected chi connectivity index (χ0v) is 13.1. The summed E-state index contributed by atoms with van der Waals surface area (Å²) in [6.45, 7) is 2.40. The molecule has 2 atom stereocenters. The number of alkyl halides is 3. The minimum Gasteiger partial charge on any atom is -0.406 e. The number of fused-ring (bicyclic) bond motifs is 1. The second kappa shape index (κ2) is 5.81. The lowest BCUT2D eigenvalue weighted by molar-refractivity contribution is -0.274.